The highest BCUT2D eigenvalue weighted by atomic mass is 35.5. The average Bonchev–Trinajstić information content (AvgIpc) is 2.67. The number of hydrogen-bond acceptors (Lipinski definition) is 3. The Kier molecular flexibility index (Phi) is 7.82. The van der Waals surface area contributed by atoms with Crippen LogP contribution < -0.4 is 16.0 Å². The highest BCUT2D eigenvalue weighted by Crippen LogP contribution is 2.15. The van der Waals surface area contributed by atoms with Crippen molar-refractivity contribution >= 4 is 35.0 Å². The summed E-state index contributed by atoms with van der Waals surface area (Å²) in [5, 5.41) is 8.30. The first-order valence-corrected chi connectivity index (χ1v) is 9.06. The summed E-state index contributed by atoms with van der Waals surface area (Å²) in [5.74, 6) is -0.972. The van der Waals surface area contributed by atoms with Crippen LogP contribution >= 0.6 is 11.6 Å². The molecule has 0 heterocycles. The van der Waals surface area contributed by atoms with E-state index in [0.717, 1.165) is 17.7 Å². The summed E-state index contributed by atoms with van der Waals surface area (Å²) >= 11 is 5.95. The predicted molar refractivity (Wildman–Crippen MR) is 106 cm³/mol. The Hall–Kier alpha value is -2.86. The SMILES string of the molecule is CCc1ccccc1NC(=O)CNC(=O)CCNC(=O)c1ccccc1Cl. The number of hydrogen-bond donors (Lipinski definition) is 3. The molecule has 0 radical (unpaired) electrons. The molecular weight excluding hydrogens is 366 g/mol. The first-order valence-electron chi connectivity index (χ1n) is 8.68. The van der Waals surface area contributed by atoms with Gasteiger partial charge in [0.15, 0.2) is 0 Å². The number of benzene rings is 2. The fraction of sp³-hybridized carbons (Fsp3) is 0.250. The molecule has 3 amide bonds. The van der Waals surface area contributed by atoms with E-state index >= 15 is 0 Å². The molecule has 0 fully saturated rings. The molecule has 0 aliphatic carbocycles. The van der Waals surface area contributed by atoms with Gasteiger partial charge in [0.05, 0.1) is 17.1 Å². The van der Waals surface area contributed by atoms with Crippen LogP contribution in [0.4, 0.5) is 5.69 Å². The number of para-hydroxylation sites is 1. The van der Waals surface area contributed by atoms with Crippen molar-refractivity contribution in [2.24, 2.45) is 0 Å². The molecule has 6 nitrogen and oxygen atoms in total. The maximum Gasteiger partial charge on any atom is 0.252 e. The number of aryl methyl sites for hydroxylation is 1. The average molecular weight is 388 g/mol. The molecule has 2 aromatic rings. The summed E-state index contributed by atoms with van der Waals surface area (Å²) in [6.07, 6.45) is 0.864. The third-order valence-electron chi connectivity index (χ3n) is 3.87. The molecule has 0 aliphatic heterocycles. The van der Waals surface area contributed by atoms with E-state index in [2.05, 4.69) is 16.0 Å². The molecule has 0 aliphatic rings. The standard InChI is InChI=1S/C20H22ClN3O3/c1-2-14-7-3-6-10-17(14)24-19(26)13-23-18(25)11-12-22-20(27)15-8-4-5-9-16(15)21/h3-10H,2,11-13H2,1H3,(H,22,27)(H,23,25)(H,24,26). The van der Waals surface area contributed by atoms with Crippen molar-refractivity contribution in [2.75, 3.05) is 18.4 Å². The number of halogens is 1. The molecule has 142 valence electrons. The van der Waals surface area contributed by atoms with E-state index in [4.69, 9.17) is 11.6 Å². The van der Waals surface area contributed by atoms with Crippen LogP contribution in [0, 0.1) is 0 Å². The van der Waals surface area contributed by atoms with Gasteiger partial charge in [-0.2, -0.15) is 0 Å². The van der Waals surface area contributed by atoms with Crippen molar-refractivity contribution in [1.29, 1.82) is 0 Å². The molecule has 7 heteroatoms. The molecule has 0 aromatic heterocycles. The van der Waals surface area contributed by atoms with Gasteiger partial charge >= 0.3 is 0 Å². The summed E-state index contributed by atoms with van der Waals surface area (Å²) in [7, 11) is 0. The van der Waals surface area contributed by atoms with E-state index in [0.29, 0.717) is 10.6 Å². The number of anilines is 1. The van der Waals surface area contributed by atoms with Gasteiger partial charge in [-0.25, -0.2) is 0 Å². The molecular formula is C20H22ClN3O3. The summed E-state index contributed by atoms with van der Waals surface area (Å²) < 4.78 is 0. The Bertz CT molecular complexity index is 824. The van der Waals surface area contributed by atoms with Crippen molar-refractivity contribution < 1.29 is 14.4 Å². The van der Waals surface area contributed by atoms with Crippen molar-refractivity contribution in [3.8, 4) is 0 Å². The maximum atomic E-state index is 12.0. The Balaban J connectivity index is 1.71. The lowest BCUT2D eigenvalue weighted by atomic mass is 10.1. The minimum atomic E-state index is -0.345. The topological polar surface area (TPSA) is 87.3 Å². The zero-order valence-electron chi connectivity index (χ0n) is 15.0. The summed E-state index contributed by atoms with van der Waals surface area (Å²) in [5.41, 5.74) is 2.12. The van der Waals surface area contributed by atoms with E-state index in [-0.39, 0.29) is 37.2 Å². The first kappa shape index (κ1) is 20.5. The lowest BCUT2D eigenvalue weighted by molar-refractivity contribution is -0.124. The lowest BCUT2D eigenvalue weighted by Gasteiger charge is -2.10. The fourth-order valence-electron chi connectivity index (χ4n) is 2.44. The van der Waals surface area contributed by atoms with E-state index in [1.165, 1.54) is 0 Å². The smallest absolute Gasteiger partial charge is 0.252 e. The normalized spacial score (nSPS) is 10.1. The van der Waals surface area contributed by atoms with Crippen molar-refractivity contribution in [3.05, 3.63) is 64.7 Å². The summed E-state index contributed by atoms with van der Waals surface area (Å²) in [4.78, 5) is 35.8. The second kappa shape index (κ2) is 10.3. The molecule has 0 saturated carbocycles. The van der Waals surface area contributed by atoms with Crippen LogP contribution in [0.15, 0.2) is 48.5 Å². The van der Waals surface area contributed by atoms with Crippen LogP contribution in [0.25, 0.3) is 0 Å². The van der Waals surface area contributed by atoms with E-state index in [9.17, 15) is 14.4 Å². The van der Waals surface area contributed by atoms with Crippen LogP contribution in [0.5, 0.6) is 0 Å². The van der Waals surface area contributed by atoms with Crippen molar-refractivity contribution in [3.63, 3.8) is 0 Å². The Morgan fingerprint density at radius 1 is 0.926 bits per heavy atom. The third-order valence-corrected chi connectivity index (χ3v) is 4.20. The summed E-state index contributed by atoms with van der Waals surface area (Å²) in [6.45, 7) is 2.02. The molecule has 27 heavy (non-hydrogen) atoms. The number of nitrogens with one attached hydrogen (secondary N) is 3. The third kappa shape index (κ3) is 6.42. The van der Waals surface area contributed by atoms with Gasteiger partial charge in [-0.15, -0.1) is 0 Å². The van der Waals surface area contributed by atoms with Crippen molar-refractivity contribution in [1.82, 2.24) is 10.6 Å². The monoisotopic (exact) mass is 387 g/mol. The molecule has 0 saturated heterocycles. The summed E-state index contributed by atoms with van der Waals surface area (Å²) in [6, 6.07) is 14.2. The highest BCUT2D eigenvalue weighted by Gasteiger charge is 2.11. The fourth-order valence-corrected chi connectivity index (χ4v) is 2.66. The Labute approximate surface area is 163 Å². The highest BCUT2D eigenvalue weighted by molar-refractivity contribution is 6.33. The Morgan fingerprint density at radius 3 is 2.37 bits per heavy atom. The van der Waals surface area contributed by atoms with Crippen LogP contribution in [0.2, 0.25) is 5.02 Å². The van der Waals surface area contributed by atoms with Gasteiger partial charge in [0, 0.05) is 18.7 Å². The zero-order chi connectivity index (χ0) is 19.6. The molecule has 2 rings (SSSR count). The minimum absolute atomic E-state index is 0.0645. The molecule has 2 aromatic carbocycles. The zero-order valence-corrected chi connectivity index (χ0v) is 15.8. The molecule has 3 N–H and O–H groups in total. The second-order valence-corrected chi connectivity index (χ2v) is 6.23. The minimum Gasteiger partial charge on any atom is -0.351 e. The predicted octanol–water partition coefficient (Wildman–Crippen LogP) is 2.78. The van der Waals surface area contributed by atoms with Crippen LogP contribution in [-0.4, -0.2) is 30.8 Å². The second-order valence-electron chi connectivity index (χ2n) is 5.82. The number of amides is 3. The van der Waals surface area contributed by atoms with Gasteiger partial charge in [0.25, 0.3) is 5.91 Å². The molecule has 0 atom stereocenters. The van der Waals surface area contributed by atoms with E-state index in [1.54, 1.807) is 24.3 Å². The maximum absolute atomic E-state index is 12.0. The van der Waals surface area contributed by atoms with Gasteiger partial charge in [-0.3, -0.25) is 14.4 Å². The van der Waals surface area contributed by atoms with Crippen molar-refractivity contribution in [2.45, 2.75) is 19.8 Å². The first-order chi connectivity index (χ1) is 13.0. The van der Waals surface area contributed by atoms with Crippen LogP contribution in [0.3, 0.4) is 0 Å². The number of rotatable bonds is 8. The number of carbonyl (C=O) groups excluding carboxylic acids is 3. The van der Waals surface area contributed by atoms with Gasteiger partial charge in [0.1, 0.15) is 0 Å². The van der Waals surface area contributed by atoms with Gasteiger partial charge in [-0.05, 0) is 30.2 Å². The van der Waals surface area contributed by atoms with Gasteiger partial charge < -0.3 is 16.0 Å². The number of carbonyl (C=O) groups is 3. The molecule has 0 spiro atoms. The Morgan fingerprint density at radius 2 is 1.63 bits per heavy atom. The molecule has 0 bridgehead atoms. The van der Waals surface area contributed by atoms with Crippen LogP contribution in [-0.2, 0) is 16.0 Å². The van der Waals surface area contributed by atoms with Crippen LogP contribution in [0.1, 0.15) is 29.3 Å². The quantitative estimate of drug-likeness (QED) is 0.650. The molecule has 0 unspecified atom stereocenters. The van der Waals surface area contributed by atoms with Gasteiger partial charge in [0.2, 0.25) is 11.8 Å². The largest absolute Gasteiger partial charge is 0.351 e. The lowest BCUT2D eigenvalue weighted by Crippen LogP contribution is -2.35. The van der Waals surface area contributed by atoms with Gasteiger partial charge in [-0.1, -0.05) is 48.9 Å². The van der Waals surface area contributed by atoms with E-state index in [1.807, 2.05) is 31.2 Å². The van der Waals surface area contributed by atoms with E-state index < -0.39 is 0 Å².